The summed E-state index contributed by atoms with van der Waals surface area (Å²) in [7, 11) is -2.47. The third-order valence-corrected chi connectivity index (χ3v) is 6.24. The molecule has 0 saturated heterocycles. The smallest absolute Gasteiger partial charge is 0.229 e. The molecule has 8 heteroatoms. The van der Waals surface area contributed by atoms with Gasteiger partial charge in [-0.25, -0.2) is 4.98 Å². The van der Waals surface area contributed by atoms with E-state index >= 15 is 0 Å². The van der Waals surface area contributed by atoms with Crippen LogP contribution >= 0.6 is 18.7 Å². The fourth-order valence-corrected chi connectivity index (χ4v) is 4.34. The lowest BCUT2D eigenvalue weighted by Gasteiger charge is -2.16. The molecule has 0 aliphatic heterocycles. The average molecular weight is 424 g/mol. The second-order valence-corrected chi connectivity index (χ2v) is 10.5. The van der Waals surface area contributed by atoms with Crippen molar-refractivity contribution in [1.82, 2.24) is 15.0 Å². The molecule has 2 aromatic heterocycles. The Balaban J connectivity index is 1.68. The fraction of sp³-hybridized carbons (Fsp3) is 0.0952. The number of hydrogen-bond donors (Lipinski definition) is 2. The van der Waals surface area contributed by atoms with E-state index in [2.05, 4.69) is 25.6 Å². The minimum atomic E-state index is -2.47. The van der Waals surface area contributed by atoms with Crippen LogP contribution in [0.4, 0.5) is 23.1 Å². The van der Waals surface area contributed by atoms with E-state index in [1.807, 2.05) is 48.5 Å². The first-order valence-electron chi connectivity index (χ1n) is 8.96. The largest absolute Gasteiger partial charge is 0.338 e. The number of anilines is 4. The lowest BCUT2D eigenvalue weighted by Crippen LogP contribution is -2.11. The molecule has 0 spiro atoms. The first kappa shape index (κ1) is 19.4. The van der Waals surface area contributed by atoms with Gasteiger partial charge in [-0.3, -0.25) is 4.98 Å². The molecule has 146 valence electrons. The van der Waals surface area contributed by atoms with Crippen LogP contribution in [0.25, 0.3) is 10.8 Å². The van der Waals surface area contributed by atoms with Crippen LogP contribution in [0.15, 0.2) is 67.1 Å². The molecule has 4 aromatic rings. The maximum Gasteiger partial charge on any atom is 0.229 e. The van der Waals surface area contributed by atoms with Crippen molar-refractivity contribution in [3.05, 3.63) is 72.1 Å². The first-order valence-corrected chi connectivity index (χ1v) is 11.9. The Kier molecular flexibility index (Phi) is 5.22. The molecule has 0 aliphatic carbocycles. The van der Waals surface area contributed by atoms with E-state index < -0.39 is 7.14 Å². The zero-order valence-corrected chi connectivity index (χ0v) is 17.6. The number of nitrogens with one attached hydrogen (secondary N) is 2. The molecule has 0 amide bonds. The molecular weight excluding hydrogens is 405 g/mol. The Bertz CT molecular complexity index is 1240. The van der Waals surface area contributed by atoms with E-state index in [0.29, 0.717) is 22.5 Å². The normalized spacial score (nSPS) is 11.4. The molecule has 0 aliphatic rings. The number of pyridine rings is 1. The van der Waals surface area contributed by atoms with Gasteiger partial charge in [-0.1, -0.05) is 35.9 Å². The number of rotatable bonds is 5. The molecule has 2 aromatic carbocycles. The third kappa shape index (κ3) is 4.24. The summed E-state index contributed by atoms with van der Waals surface area (Å²) in [6.07, 6.45) is 5.08. The molecule has 0 radical (unpaired) electrons. The Labute approximate surface area is 173 Å². The number of nitrogens with zero attached hydrogens (tertiary/aromatic N) is 3. The number of aromatic nitrogens is 3. The minimum Gasteiger partial charge on any atom is -0.338 e. The van der Waals surface area contributed by atoms with Crippen LogP contribution in [0.1, 0.15) is 0 Å². The summed E-state index contributed by atoms with van der Waals surface area (Å²) in [5, 5.41) is 9.59. The number of hydrogen-bond acceptors (Lipinski definition) is 6. The molecule has 0 bridgehead atoms. The van der Waals surface area contributed by atoms with Gasteiger partial charge < -0.3 is 15.2 Å². The van der Waals surface area contributed by atoms with Gasteiger partial charge in [0.1, 0.15) is 12.2 Å². The third-order valence-electron chi connectivity index (χ3n) is 4.41. The highest BCUT2D eigenvalue weighted by atomic mass is 35.5. The van der Waals surface area contributed by atoms with Gasteiger partial charge in [0.05, 0.1) is 11.9 Å². The lowest BCUT2D eigenvalue weighted by atomic mass is 10.1. The molecule has 0 atom stereocenters. The van der Waals surface area contributed by atoms with Crippen molar-refractivity contribution < 1.29 is 4.57 Å². The zero-order valence-electron chi connectivity index (χ0n) is 15.9. The Morgan fingerprint density at radius 3 is 2.55 bits per heavy atom. The average Bonchev–Trinajstić information content (AvgIpc) is 2.70. The second kappa shape index (κ2) is 7.82. The monoisotopic (exact) mass is 423 g/mol. The summed E-state index contributed by atoms with van der Waals surface area (Å²) >= 11 is 6.32. The maximum atomic E-state index is 12.6. The van der Waals surface area contributed by atoms with E-state index in [1.165, 1.54) is 6.20 Å². The minimum absolute atomic E-state index is 0.370. The van der Waals surface area contributed by atoms with Crippen molar-refractivity contribution >= 4 is 58.0 Å². The number of para-hydroxylation sites is 1. The van der Waals surface area contributed by atoms with E-state index in [9.17, 15) is 4.57 Å². The topological polar surface area (TPSA) is 79.8 Å². The van der Waals surface area contributed by atoms with Crippen LogP contribution in [0.5, 0.6) is 0 Å². The molecule has 0 saturated carbocycles. The van der Waals surface area contributed by atoms with Gasteiger partial charge in [-0.15, -0.1) is 0 Å². The Morgan fingerprint density at radius 2 is 1.72 bits per heavy atom. The van der Waals surface area contributed by atoms with Crippen molar-refractivity contribution in [1.29, 1.82) is 0 Å². The van der Waals surface area contributed by atoms with Gasteiger partial charge in [-0.05, 0) is 37.6 Å². The first-order chi connectivity index (χ1) is 13.9. The SMILES string of the molecule is CP(C)(=O)c1ccccc1Nc1nc(Nc2cccc3cnccc23)ncc1Cl. The number of fused-ring (bicyclic) bond motifs is 1. The summed E-state index contributed by atoms with van der Waals surface area (Å²) in [6.45, 7) is 3.47. The second-order valence-electron chi connectivity index (χ2n) is 6.91. The van der Waals surface area contributed by atoms with Crippen molar-refractivity contribution in [2.75, 3.05) is 24.0 Å². The Morgan fingerprint density at radius 1 is 0.931 bits per heavy atom. The van der Waals surface area contributed by atoms with Crippen molar-refractivity contribution in [2.45, 2.75) is 0 Å². The van der Waals surface area contributed by atoms with Gasteiger partial charge >= 0.3 is 0 Å². The van der Waals surface area contributed by atoms with E-state index in [4.69, 9.17) is 11.6 Å². The van der Waals surface area contributed by atoms with Crippen LogP contribution in [-0.4, -0.2) is 28.3 Å². The molecule has 4 rings (SSSR count). The van der Waals surface area contributed by atoms with Crippen LogP contribution in [0, 0.1) is 0 Å². The molecule has 0 unspecified atom stereocenters. The summed E-state index contributed by atoms with van der Waals surface area (Å²) in [4.78, 5) is 13.0. The van der Waals surface area contributed by atoms with E-state index in [1.54, 1.807) is 25.7 Å². The van der Waals surface area contributed by atoms with Crippen LogP contribution in [0.2, 0.25) is 5.02 Å². The molecule has 2 N–H and O–H groups in total. The van der Waals surface area contributed by atoms with Gasteiger partial charge in [0.25, 0.3) is 0 Å². The molecule has 29 heavy (non-hydrogen) atoms. The number of halogens is 1. The molecule has 6 nitrogen and oxygen atoms in total. The van der Waals surface area contributed by atoms with Crippen molar-refractivity contribution in [3.8, 4) is 0 Å². The molecular formula is C21H19ClN5OP. The zero-order chi connectivity index (χ0) is 20.4. The summed E-state index contributed by atoms with van der Waals surface area (Å²) in [6, 6.07) is 15.3. The highest BCUT2D eigenvalue weighted by molar-refractivity contribution is 7.70. The Hall–Kier alpha value is -2.95. The van der Waals surface area contributed by atoms with Gasteiger partial charge in [0.15, 0.2) is 5.82 Å². The van der Waals surface area contributed by atoms with Crippen LogP contribution < -0.4 is 15.9 Å². The van der Waals surface area contributed by atoms with E-state index in [-0.39, 0.29) is 0 Å². The van der Waals surface area contributed by atoms with Crippen molar-refractivity contribution in [2.24, 2.45) is 0 Å². The summed E-state index contributed by atoms with van der Waals surface area (Å²) < 4.78 is 12.6. The highest BCUT2D eigenvalue weighted by Gasteiger charge is 2.17. The predicted molar refractivity (Wildman–Crippen MR) is 121 cm³/mol. The highest BCUT2D eigenvalue weighted by Crippen LogP contribution is 2.38. The van der Waals surface area contributed by atoms with Gasteiger partial charge in [0, 0.05) is 34.2 Å². The van der Waals surface area contributed by atoms with Crippen LogP contribution in [-0.2, 0) is 4.57 Å². The maximum absolute atomic E-state index is 12.6. The lowest BCUT2D eigenvalue weighted by molar-refractivity contribution is 0.588. The summed E-state index contributed by atoms with van der Waals surface area (Å²) in [5.74, 6) is 0.835. The molecule has 2 heterocycles. The summed E-state index contributed by atoms with van der Waals surface area (Å²) in [5.41, 5.74) is 1.58. The predicted octanol–water partition coefficient (Wildman–Crippen LogP) is 5.41. The fourth-order valence-electron chi connectivity index (χ4n) is 3.04. The van der Waals surface area contributed by atoms with Gasteiger partial charge in [0.2, 0.25) is 5.95 Å². The quantitative estimate of drug-likeness (QED) is 0.417. The van der Waals surface area contributed by atoms with Crippen molar-refractivity contribution in [3.63, 3.8) is 0 Å². The standard InChI is InChI=1S/C21H19ClN5OP/c1-29(2,28)19-9-4-3-7-18(19)25-20-16(22)13-24-21(27-20)26-17-8-5-6-14-12-23-11-10-15(14)17/h3-13H,1-2H3,(H2,24,25,26,27). The van der Waals surface area contributed by atoms with E-state index in [0.717, 1.165) is 21.8 Å². The number of benzene rings is 2. The van der Waals surface area contributed by atoms with Crippen LogP contribution in [0.3, 0.4) is 0 Å². The van der Waals surface area contributed by atoms with Gasteiger partial charge in [-0.2, -0.15) is 4.98 Å². The molecule has 0 fully saturated rings.